The summed E-state index contributed by atoms with van der Waals surface area (Å²) in [6.07, 6.45) is 0.301. The molecule has 0 aliphatic heterocycles. The largest absolute Gasteiger partial charge is 0.396 e. The lowest BCUT2D eigenvalue weighted by molar-refractivity contribution is 0.275. The molecule has 0 heterocycles. The molecule has 1 aromatic rings. The number of halogens is 1. The van der Waals surface area contributed by atoms with Gasteiger partial charge in [0, 0.05) is 12.6 Å². The molecular formula is C10H15FN2O3S. The average molecular weight is 262 g/mol. The zero-order chi connectivity index (χ0) is 13.1. The molecule has 0 spiro atoms. The van der Waals surface area contributed by atoms with Gasteiger partial charge in [-0.15, -0.1) is 0 Å². The fraction of sp³-hybridized carbons (Fsp3) is 0.400. The van der Waals surface area contributed by atoms with Gasteiger partial charge >= 0.3 is 0 Å². The van der Waals surface area contributed by atoms with Crippen LogP contribution in [0.5, 0.6) is 0 Å². The minimum Gasteiger partial charge on any atom is -0.396 e. The molecule has 1 rings (SSSR count). The molecule has 0 aromatic heterocycles. The quantitative estimate of drug-likeness (QED) is 0.672. The Bertz CT molecular complexity index is 490. The third-order valence-corrected chi connectivity index (χ3v) is 3.78. The number of hydrogen-bond donors (Lipinski definition) is 3. The van der Waals surface area contributed by atoms with Crippen LogP contribution in [0.25, 0.3) is 0 Å². The van der Waals surface area contributed by atoms with E-state index in [-0.39, 0.29) is 17.2 Å². The van der Waals surface area contributed by atoms with Crippen molar-refractivity contribution in [3.63, 3.8) is 0 Å². The van der Waals surface area contributed by atoms with Crippen molar-refractivity contribution in [3.05, 3.63) is 24.0 Å². The minimum atomic E-state index is -3.73. The summed E-state index contributed by atoms with van der Waals surface area (Å²) in [7, 11) is -3.73. The number of nitrogens with two attached hydrogens (primary N) is 1. The van der Waals surface area contributed by atoms with Crippen LogP contribution < -0.4 is 10.5 Å². The molecule has 0 saturated heterocycles. The SMILES string of the molecule is CC(CCO)NS(=O)(=O)c1ccc(F)c(N)c1. The van der Waals surface area contributed by atoms with Crippen LogP contribution in [-0.2, 0) is 10.0 Å². The van der Waals surface area contributed by atoms with Crippen LogP contribution in [0, 0.1) is 5.82 Å². The third-order valence-electron chi connectivity index (χ3n) is 2.20. The molecule has 0 radical (unpaired) electrons. The highest BCUT2D eigenvalue weighted by Gasteiger charge is 2.18. The van der Waals surface area contributed by atoms with E-state index >= 15 is 0 Å². The number of aliphatic hydroxyl groups is 1. The first-order valence-electron chi connectivity index (χ1n) is 5.05. The Labute approximate surface area is 99.5 Å². The standard InChI is InChI=1S/C10H15FN2O3S/c1-7(4-5-14)13-17(15,16)8-2-3-9(11)10(12)6-8/h2-3,6-7,13-14H,4-5,12H2,1H3. The number of nitrogen functional groups attached to an aromatic ring is 1. The summed E-state index contributed by atoms with van der Waals surface area (Å²) in [5, 5.41) is 8.68. The molecule has 0 fully saturated rings. The molecule has 96 valence electrons. The Morgan fingerprint density at radius 2 is 2.18 bits per heavy atom. The van der Waals surface area contributed by atoms with E-state index in [2.05, 4.69) is 4.72 Å². The van der Waals surface area contributed by atoms with E-state index in [1.807, 2.05) is 0 Å². The van der Waals surface area contributed by atoms with Gasteiger partial charge in [-0.3, -0.25) is 0 Å². The van der Waals surface area contributed by atoms with Gasteiger partial charge in [-0.2, -0.15) is 0 Å². The van der Waals surface area contributed by atoms with Crippen LogP contribution in [0.15, 0.2) is 23.1 Å². The first-order valence-corrected chi connectivity index (χ1v) is 6.53. The average Bonchev–Trinajstić information content (AvgIpc) is 2.21. The first kappa shape index (κ1) is 13.9. The van der Waals surface area contributed by atoms with Crippen LogP contribution in [0.2, 0.25) is 0 Å². The summed E-state index contributed by atoms with van der Waals surface area (Å²) < 4.78 is 38.9. The number of rotatable bonds is 5. The van der Waals surface area contributed by atoms with Crippen molar-refractivity contribution in [3.8, 4) is 0 Å². The maximum absolute atomic E-state index is 12.9. The van der Waals surface area contributed by atoms with Gasteiger partial charge < -0.3 is 10.8 Å². The second-order valence-electron chi connectivity index (χ2n) is 3.72. The van der Waals surface area contributed by atoms with Gasteiger partial charge in [0.25, 0.3) is 0 Å². The number of anilines is 1. The number of sulfonamides is 1. The van der Waals surface area contributed by atoms with Crippen molar-refractivity contribution >= 4 is 15.7 Å². The molecule has 1 aromatic carbocycles. The Morgan fingerprint density at radius 3 is 2.71 bits per heavy atom. The zero-order valence-corrected chi connectivity index (χ0v) is 10.2. The van der Waals surface area contributed by atoms with Gasteiger partial charge in [-0.1, -0.05) is 0 Å². The lowest BCUT2D eigenvalue weighted by Crippen LogP contribution is -2.33. The molecule has 0 bridgehead atoms. The van der Waals surface area contributed by atoms with Crippen molar-refractivity contribution < 1.29 is 17.9 Å². The van der Waals surface area contributed by atoms with Gasteiger partial charge in [0.1, 0.15) is 5.82 Å². The topological polar surface area (TPSA) is 92.4 Å². The molecule has 5 nitrogen and oxygen atoms in total. The van der Waals surface area contributed by atoms with Crippen LogP contribution in [0.4, 0.5) is 10.1 Å². The van der Waals surface area contributed by atoms with Gasteiger partial charge in [0.05, 0.1) is 10.6 Å². The highest BCUT2D eigenvalue weighted by molar-refractivity contribution is 7.89. The fourth-order valence-corrected chi connectivity index (χ4v) is 2.59. The minimum absolute atomic E-state index is 0.0961. The zero-order valence-electron chi connectivity index (χ0n) is 9.35. The van der Waals surface area contributed by atoms with E-state index in [1.54, 1.807) is 6.92 Å². The normalized spacial score (nSPS) is 13.6. The van der Waals surface area contributed by atoms with Crippen molar-refractivity contribution in [2.75, 3.05) is 12.3 Å². The maximum Gasteiger partial charge on any atom is 0.240 e. The maximum atomic E-state index is 12.9. The van der Waals surface area contributed by atoms with E-state index < -0.39 is 21.9 Å². The van der Waals surface area contributed by atoms with Gasteiger partial charge in [0.2, 0.25) is 10.0 Å². The predicted molar refractivity (Wildman–Crippen MR) is 62.3 cm³/mol. The van der Waals surface area contributed by atoms with Gasteiger partial charge in [-0.25, -0.2) is 17.5 Å². The first-order chi connectivity index (χ1) is 7.86. The second kappa shape index (κ2) is 5.44. The van der Waals surface area contributed by atoms with Crippen molar-refractivity contribution in [2.45, 2.75) is 24.3 Å². The monoisotopic (exact) mass is 262 g/mol. The molecule has 0 amide bonds. The molecule has 0 aliphatic carbocycles. The molecule has 17 heavy (non-hydrogen) atoms. The van der Waals surface area contributed by atoms with Crippen molar-refractivity contribution in [2.24, 2.45) is 0 Å². The summed E-state index contributed by atoms with van der Waals surface area (Å²) in [6.45, 7) is 1.51. The smallest absolute Gasteiger partial charge is 0.240 e. The van der Waals surface area contributed by atoms with Crippen LogP contribution in [0.3, 0.4) is 0 Å². The van der Waals surface area contributed by atoms with Gasteiger partial charge in [0.15, 0.2) is 0 Å². The number of nitrogens with one attached hydrogen (secondary N) is 1. The summed E-state index contributed by atoms with van der Waals surface area (Å²) in [5.41, 5.74) is 5.08. The van der Waals surface area contributed by atoms with E-state index in [1.165, 1.54) is 0 Å². The highest BCUT2D eigenvalue weighted by atomic mass is 32.2. The lowest BCUT2D eigenvalue weighted by atomic mass is 10.3. The van der Waals surface area contributed by atoms with Gasteiger partial charge in [-0.05, 0) is 31.5 Å². The Morgan fingerprint density at radius 1 is 1.53 bits per heavy atom. The van der Waals surface area contributed by atoms with Crippen molar-refractivity contribution in [1.29, 1.82) is 0 Å². The molecule has 4 N–H and O–H groups in total. The number of hydrogen-bond acceptors (Lipinski definition) is 4. The molecule has 0 saturated carbocycles. The summed E-state index contributed by atoms with van der Waals surface area (Å²) in [4.78, 5) is -0.0961. The summed E-state index contributed by atoms with van der Waals surface area (Å²) in [6, 6.07) is 2.79. The fourth-order valence-electron chi connectivity index (χ4n) is 1.27. The lowest BCUT2D eigenvalue weighted by Gasteiger charge is -2.13. The molecule has 7 heteroatoms. The third kappa shape index (κ3) is 3.65. The Kier molecular flexibility index (Phi) is 4.44. The van der Waals surface area contributed by atoms with E-state index in [4.69, 9.17) is 10.8 Å². The molecule has 1 unspecified atom stereocenters. The highest BCUT2D eigenvalue weighted by Crippen LogP contribution is 2.16. The van der Waals surface area contributed by atoms with Crippen molar-refractivity contribution in [1.82, 2.24) is 4.72 Å². The summed E-state index contributed by atoms with van der Waals surface area (Å²) in [5.74, 6) is -0.660. The summed E-state index contributed by atoms with van der Waals surface area (Å²) >= 11 is 0. The second-order valence-corrected chi connectivity index (χ2v) is 5.43. The number of benzene rings is 1. The van der Waals surface area contributed by atoms with Crippen LogP contribution in [-0.4, -0.2) is 26.2 Å². The Hall–Kier alpha value is -1.18. The molecular weight excluding hydrogens is 247 g/mol. The predicted octanol–water partition coefficient (Wildman–Crippen LogP) is 0.457. The van der Waals surface area contributed by atoms with E-state index in [0.29, 0.717) is 6.42 Å². The Balaban J connectivity index is 2.93. The molecule has 0 aliphatic rings. The van der Waals surface area contributed by atoms with Crippen LogP contribution >= 0.6 is 0 Å². The number of aliphatic hydroxyl groups excluding tert-OH is 1. The molecule has 1 atom stereocenters. The van der Waals surface area contributed by atoms with E-state index in [0.717, 1.165) is 18.2 Å². The van der Waals surface area contributed by atoms with E-state index in [9.17, 15) is 12.8 Å². The van der Waals surface area contributed by atoms with Crippen LogP contribution in [0.1, 0.15) is 13.3 Å².